The molecule has 1 N–H and O–H groups in total. The molecular formula is C16H21FN4O3S. The van der Waals surface area contributed by atoms with Crippen LogP contribution in [0.25, 0.3) is 11.4 Å². The number of nitrogens with zero attached hydrogens (tertiary/aromatic N) is 3. The van der Waals surface area contributed by atoms with Gasteiger partial charge in [-0.05, 0) is 43.5 Å². The Morgan fingerprint density at radius 2 is 1.96 bits per heavy atom. The second-order valence-electron chi connectivity index (χ2n) is 6.15. The van der Waals surface area contributed by atoms with Crippen LogP contribution in [-0.2, 0) is 16.6 Å². The number of aromatic nitrogens is 3. The molecule has 1 aliphatic carbocycles. The maximum atomic E-state index is 13.1. The van der Waals surface area contributed by atoms with Crippen molar-refractivity contribution in [3.63, 3.8) is 0 Å². The Hall–Kier alpha value is -2.00. The lowest BCUT2D eigenvalue weighted by molar-refractivity contribution is 0.546. The van der Waals surface area contributed by atoms with Crippen molar-refractivity contribution in [2.45, 2.75) is 38.8 Å². The van der Waals surface area contributed by atoms with E-state index in [1.807, 2.05) is 0 Å². The van der Waals surface area contributed by atoms with Crippen LogP contribution in [0.1, 0.15) is 32.2 Å². The summed E-state index contributed by atoms with van der Waals surface area (Å²) in [5.41, 5.74) is 0.396. The molecule has 1 aromatic heterocycles. The Balaban J connectivity index is 1.82. The van der Waals surface area contributed by atoms with Crippen molar-refractivity contribution in [3.05, 3.63) is 40.6 Å². The number of sulfonamides is 1. The Labute approximate surface area is 145 Å². The standard InChI is InChI=1S/C16H21FN4O3S/c1-2-11-25(23,24)18-9-10-20-16(22)21(14-7-8-14)15(19-20)12-3-5-13(17)6-4-12/h3-6,14,18H,2,7-11H2,1H3. The molecule has 2 aromatic rings. The summed E-state index contributed by atoms with van der Waals surface area (Å²) in [4.78, 5) is 12.6. The van der Waals surface area contributed by atoms with Crippen molar-refractivity contribution in [2.75, 3.05) is 12.3 Å². The van der Waals surface area contributed by atoms with Crippen molar-refractivity contribution < 1.29 is 12.8 Å². The van der Waals surface area contributed by atoms with Crippen LogP contribution in [0, 0.1) is 5.82 Å². The van der Waals surface area contributed by atoms with Crippen molar-refractivity contribution in [3.8, 4) is 11.4 Å². The van der Waals surface area contributed by atoms with Gasteiger partial charge in [0.25, 0.3) is 0 Å². The molecule has 0 unspecified atom stereocenters. The largest absolute Gasteiger partial charge is 0.346 e. The average Bonchev–Trinajstić information content (AvgIpc) is 3.33. The van der Waals surface area contributed by atoms with Gasteiger partial charge in [-0.15, -0.1) is 5.10 Å². The van der Waals surface area contributed by atoms with Gasteiger partial charge in [-0.25, -0.2) is 27.0 Å². The first-order valence-electron chi connectivity index (χ1n) is 8.34. The van der Waals surface area contributed by atoms with E-state index in [0.717, 1.165) is 12.8 Å². The Kier molecular flexibility index (Phi) is 5.05. The molecule has 0 atom stereocenters. The number of hydrogen-bond acceptors (Lipinski definition) is 4. The first-order valence-corrected chi connectivity index (χ1v) is 9.99. The van der Waals surface area contributed by atoms with E-state index < -0.39 is 10.0 Å². The summed E-state index contributed by atoms with van der Waals surface area (Å²) in [6.07, 6.45) is 2.34. The summed E-state index contributed by atoms with van der Waals surface area (Å²) in [7, 11) is -3.32. The van der Waals surface area contributed by atoms with Gasteiger partial charge in [-0.3, -0.25) is 4.57 Å². The topological polar surface area (TPSA) is 86.0 Å². The highest BCUT2D eigenvalue weighted by Gasteiger charge is 2.30. The van der Waals surface area contributed by atoms with E-state index in [9.17, 15) is 17.6 Å². The SMILES string of the molecule is CCCS(=O)(=O)NCCn1nc(-c2ccc(F)cc2)n(C2CC2)c1=O. The van der Waals surface area contributed by atoms with Crippen LogP contribution in [-0.4, -0.2) is 35.1 Å². The third kappa shape index (κ3) is 4.16. The summed E-state index contributed by atoms with van der Waals surface area (Å²) in [6, 6.07) is 5.94. The van der Waals surface area contributed by atoms with Crippen LogP contribution in [0.15, 0.2) is 29.1 Å². The summed E-state index contributed by atoms with van der Waals surface area (Å²) in [6.45, 7) is 2.04. The van der Waals surface area contributed by atoms with Crippen LogP contribution >= 0.6 is 0 Å². The van der Waals surface area contributed by atoms with E-state index in [-0.39, 0.29) is 36.4 Å². The molecule has 0 spiro atoms. The van der Waals surface area contributed by atoms with Crippen molar-refractivity contribution in [1.29, 1.82) is 0 Å². The molecule has 0 saturated heterocycles. The normalized spacial score (nSPS) is 14.8. The van der Waals surface area contributed by atoms with Gasteiger partial charge in [0.1, 0.15) is 5.82 Å². The first-order chi connectivity index (χ1) is 11.9. The van der Waals surface area contributed by atoms with Gasteiger partial charge in [0, 0.05) is 18.2 Å². The lowest BCUT2D eigenvalue weighted by Gasteiger charge is -2.04. The predicted molar refractivity (Wildman–Crippen MR) is 92.2 cm³/mol. The van der Waals surface area contributed by atoms with E-state index in [2.05, 4.69) is 9.82 Å². The second-order valence-corrected chi connectivity index (χ2v) is 8.08. The minimum Gasteiger partial charge on any atom is -0.272 e. The van der Waals surface area contributed by atoms with E-state index in [4.69, 9.17) is 0 Å². The molecule has 3 rings (SSSR count). The van der Waals surface area contributed by atoms with E-state index in [1.54, 1.807) is 23.6 Å². The lowest BCUT2D eigenvalue weighted by Crippen LogP contribution is -2.33. The van der Waals surface area contributed by atoms with Gasteiger partial charge < -0.3 is 0 Å². The number of hydrogen-bond donors (Lipinski definition) is 1. The van der Waals surface area contributed by atoms with Crippen LogP contribution in [0.5, 0.6) is 0 Å². The fourth-order valence-corrected chi connectivity index (χ4v) is 3.76. The van der Waals surface area contributed by atoms with Crippen LogP contribution in [0.4, 0.5) is 4.39 Å². The third-order valence-corrected chi connectivity index (χ3v) is 5.59. The van der Waals surface area contributed by atoms with Gasteiger partial charge in [-0.2, -0.15) is 0 Å². The summed E-state index contributed by atoms with van der Waals surface area (Å²) < 4.78 is 41.9. The molecule has 9 heteroatoms. The molecule has 1 aliphatic rings. The number of halogens is 1. The molecule has 1 aromatic carbocycles. The van der Waals surface area contributed by atoms with Gasteiger partial charge >= 0.3 is 5.69 Å². The number of benzene rings is 1. The van der Waals surface area contributed by atoms with E-state index in [0.29, 0.717) is 17.8 Å². The molecule has 1 fully saturated rings. The highest BCUT2D eigenvalue weighted by molar-refractivity contribution is 7.89. The van der Waals surface area contributed by atoms with E-state index >= 15 is 0 Å². The minimum atomic E-state index is -3.32. The van der Waals surface area contributed by atoms with Gasteiger partial charge in [0.2, 0.25) is 10.0 Å². The summed E-state index contributed by atoms with van der Waals surface area (Å²) >= 11 is 0. The minimum absolute atomic E-state index is 0.0548. The quantitative estimate of drug-likeness (QED) is 0.765. The zero-order chi connectivity index (χ0) is 18.0. The Morgan fingerprint density at radius 1 is 1.28 bits per heavy atom. The van der Waals surface area contributed by atoms with Gasteiger partial charge in [0.15, 0.2) is 5.82 Å². The summed E-state index contributed by atoms with van der Waals surface area (Å²) in [5, 5.41) is 4.35. The molecule has 0 amide bonds. The average molecular weight is 368 g/mol. The van der Waals surface area contributed by atoms with Crippen LogP contribution < -0.4 is 10.4 Å². The molecule has 7 nitrogen and oxygen atoms in total. The maximum Gasteiger partial charge on any atom is 0.346 e. The van der Waals surface area contributed by atoms with Crippen LogP contribution in [0.2, 0.25) is 0 Å². The molecular weight excluding hydrogens is 347 g/mol. The maximum absolute atomic E-state index is 13.1. The molecule has 0 radical (unpaired) electrons. The highest BCUT2D eigenvalue weighted by atomic mass is 32.2. The summed E-state index contributed by atoms with van der Waals surface area (Å²) in [5.74, 6) is 0.192. The molecule has 1 saturated carbocycles. The zero-order valence-electron chi connectivity index (χ0n) is 14.0. The van der Waals surface area contributed by atoms with Crippen LogP contribution in [0.3, 0.4) is 0 Å². The zero-order valence-corrected chi connectivity index (χ0v) is 14.8. The van der Waals surface area contributed by atoms with Crippen molar-refractivity contribution in [1.82, 2.24) is 19.1 Å². The number of rotatable bonds is 8. The highest BCUT2D eigenvalue weighted by Crippen LogP contribution is 2.36. The molecule has 25 heavy (non-hydrogen) atoms. The van der Waals surface area contributed by atoms with Gasteiger partial charge in [-0.1, -0.05) is 6.92 Å². The Bertz CT molecular complexity index is 898. The molecule has 0 bridgehead atoms. The van der Waals surface area contributed by atoms with E-state index in [1.165, 1.54) is 16.8 Å². The third-order valence-electron chi connectivity index (χ3n) is 4.00. The fourth-order valence-electron chi connectivity index (χ4n) is 2.67. The molecule has 1 heterocycles. The lowest BCUT2D eigenvalue weighted by atomic mass is 10.2. The molecule has 136 valence electrons. The fraction of sp³-hybridized carbons (Fsp3) is 0.500. The van der Waals surface area contributed by atoms with Gasteiger partial charge in [0.05, 0.1) is 12.3 Å². The number of nitrogens with one attached hydrogen (secondary N) is 1. The van der Waals surface area contributed by atoms with Crippen molar-refractivity contribution >= 4 is 10.0 Å². The Morgan fingerprint density at radius 3 is 2.56 bits per heavy atom. The smallest absolute Gasteiger partial charge is 0.272 e. The predicted octanol–water partition coefficient (Wildman–Crippen LogP) is 1.52. The monoisotopic (exact) mass is 368 g/mol. The van der Waals surface area contributed by atoms with Crippen molar-refractivity contribution in [2.24, 2.45) is 0 Å². The first kappa shape index (κ1) is 17.8. The molecule has 0 aliphatic heterocycles. The second kappa shape index (κ2) is 7.09.